The maximum atomic E-state index is 14.0. The minimum atomic E-state index is -1.40. The lowest BCUT2D eigenvalue weighted by atomic mass is 9.99. The molecule has 0 fully saturated rings. The Kier molecular flexibility index (Phi) is 5.82. The third kappa shape index (κ3) is 4.08. The summed E-state index contributed by atoms with van der Waals surface area (Å²) in [6.45, 7) is 2.71. The molecule has 1 aromatic heterocycles. The van der Waals surface area contributed by atoms with Gasteiger partial charge in [0.25, 0.3) is 0 Å². The van der Waals surface area contributed by atoms with Crippen molar-refractivity contribution in [2.75, 3.05) is 6.54 Å². The molecule has 0 aliphatic heterocycles. The minimum absolute atomic E-state index is 0.192. The number of nitrogens with one attached hydrogen (secondary N) is 1. The standard InChI is InChI=1S/C16H18F3NS/c1-2-8-20-14(6-3-11-7-9-21-10-11)12-4-5-13(17)16(19)15(12)18/h4-5,7,9-10,14,20H,2-3,6,8H2,1H3. The first kappa shape index (κ1) is 16.0. The smallest absolute Gasteiger partial charge is 0.194 e. The molecule has 0 aliphatic carbocycles. The van der Waals surface area contributed by atoms with Crippen molar-refractivity contribution in [3.05, 3.63) is 57.5 Å². The second-order valence-electron chi connectivity index (χ2n) is 4.94. The molecule has 0 spiro atoms. The van der Waals surface area contributed by atoms with Crippen molar-refractivity contribution < 1.29 is 13.2 Å². The van der Waals surface area contributed by atoms with E-state index in [1.807, 2.05) is 23.8 Å². The quantitative estimate of drug-likeness (QED) is 0.721. The summed E-state index contributed by atoms with van der Waals surface area (Å²) < 4.78 is 40.4. The van der Waals surface area contributed by atoms with Crippen LogP contribution in [0.25, 0.3) is 0 Å². The molecule has 0 saturated heterocycles. The van der Waals surface area contributed by atoms with E-state index in [9.17, 15) is 13.2 Å². The number of hydrogen-bond donors (Lipinski definition) is 1. The molecule has 1 unspecified atom stereocenters. The summed E-state index contributed by atoms with van der Waals surface area (Å²) in [4.78, 5) is 0. The van der Waals surface area contributed by atoms with Gasteiger partial charge in [-0.25, -0.2) is 13.2 Å². The van der Waals surface area contributed by atoms with Crippen LogP contribution in [0.3, 0.4) is 0 Å². The van der Waals surface area contributed by atoms with Gasteiger partial charge < -0.3 is 5.32 Å². The zero-order chi connectivity index (χ0) is 15.2. The second-order valence-corrected chi connectivity index (χ2v) is 5.72. The second kappa shape index (κ2) is 7.61. The number of halogens is 3. The van der Waals surface area contributed by atoms with Gasteiger partial charge in [-0.05, 0) is 54.3 Å². The fraction of sp³-hybridized carbons (Fsp3) is 0.375. The van der Waals surface area contributed by atoms with Crippen LogP contribution in [0, 0.1) is 17.5 Å². The molecule has 0 aliphatic rings. The highest BCUT2D eigenvalue weighted by atomic mass is 32.1. The van der Waals surface area contributed by atoms with Gasteiger partial charge in [-0.3, -0.25) is 0 Å². The number of hydrogen-bond acceptors (Lipinski definition) is 2. The maximum absolute atomic E-state index is 14.0. The molecular formula is C16H18F3NS. The van der Waals surface area contributed by atoms with Crippen LogP contribution in [-0.2, 0) is 6.42 Å². The van der Waals surface area contributed by atoms with Crippen LogP contribution in [0.1, 0.15) is 36.9 Å². The van der Waals surface area contributed by atoms with Gasteiger partial charge in [-0.2, -0.15) is 11.3 Å². The van der Waals surface area contributed by atoms with Gasteiger partial charge in [0.1, 0.15) is 0 Å². The third-order valence-corrected chi connectivity index (χ3v) is 4.12. The van der Waals surface area contributed by atoms with Crippen molar-refractivity contribution in [3.8, 4) is 0 Å². The molecule has 114 valence electrons. The summed E-state index contributed by atoms with van der Waals surface area (Å²) in [5.41, 5.74) is 1.36. The number of rotatable bonds is 7. The molecule has 1 aromatic carbocycles. The maximum Gasteiger partial charge on any atom is 0.194 e. The highest BCUT2D eigenvalue weighted by molar-refractivity contribution is 7.07. The molecule has 0 amide bonds. The lowest BCUT2D eigenvalue weighted by Crippen LogP contribution is -2.24. The van der Waals surface area contributed by atoms with E-state index in [-0.39, 0.29) is 11.6 Å². The average molecular weight is 313 g/mol. The molecule has 0 bridgehead atoms. The largest absolute Gasteiger partial charge is 0.310 e. The monoisotopic (exact) mass is 313 g/mol. The third-order valence-electron chi connectivity index (χ3n) is 3.38. The SMILES string of the molecule is CCCNC(CCc1ccsc1)c1ccc(F)c(F)c1F. The van der Waals surface area contributed by atoms with Crippen molar-refractivity contribution in [1.82, 2.24) is 5.32 Å². The van der Waals surface area contributed by atoms with Crippen LogP contribution in [0.2, 0.25) is 0 Å². The van der Waals surface area contributed by atoms with Crippen molar-refractivity contribution in [1.29, 1.82) is 0 Å². The zero-order valence-corrected chi connectivity index (χ0v) is 12.7. The highest BCUT2D eigenvalue weighted by Gasteiger charge is 2.20. The van der Waals surface area contributed by atoms with Crippen molar-refractivity contribution >= 4 is 11.3 Å². The van der Waals surface area contributed by atoms with Crippen molar-refractivity contribution in [2.45, 2.75) is 32.2 Å². The molecular weight excluding hydrogens is 295 g/mol. The van der Waals surface area contributed by atoms with E-state index in [4.69, 9.17) is 0 Å². The van der Waals surface area contributed by atoms with E-state index in [2.05, 4.69) is 5.32 Å². The molecule has 21 heavy (non-hydrogen) atoms. The Bertz CT molecular complexity index is 569. The lowest BCUT2D eigenvalue weighted by molar-refractivity contribution is 0.417. The van der Waals surface area contributed by atoms with Crippen LogP contribution >= 0.6 is 11.3 Å². The number of aryl methyl sites for hydroxylation is 1. The molecule has 2 aromatic rings. The molecule has 2 rings (SSSR count). The van der Waals surface area contributed by atoms with E-state index >= 15 is 0 Å². The van der Waals surface area contributed by atoms with E-state index in [1.54, 1.807) is 11.3 Å². The van der Waals surface area contributed by atoms with Crippen molar-refractivity contribution in [3.63, 3.8) is 0 Å². The molecule has 1 N–H and O–H groups in total. The Balaban J connectivity index is 2.16. The van der Waals surface area contributed by atoms with Crippen LogP contribution in [0.4, 0.5) is 13.2 Å². The van der Waals surface area contributed by atoms with Crippen LogP contribution in [0.5, 0.6) is 0 Å². The van der Waals surface area contributed by atoms with Crippen LogP contribution in [0.15, 0.2) is 29.0 Å². The Labute approximate surface area is 126 Å². The van der Waals surface area contributed by atoms with E-state index in [1.165, 1.54) is 11.6 Å². The Morgan fingerprint density at radius 1 is 1.14 bits per heavy atom. The summed E-state index contributed by atoms with van der Waals surface area (Å²) in [6, 6.07) is 4.01. The van der Waals surface area contributed by atoms with Crippen molar-refractivity contribution in [2.24, 2.45) is 0 Å². The molecule has 1 atom stereocenters. The average Bonchev–Trinajstić information content (AvgIpc) is 2.99. The topological polar surface area (TPSA) is 12.0 Å². The van der Waals surface area contributed by atoms with Gasteiger partial charge in [0.05, 0.1) is 0 Å². The van der Waals surface area contributed by atoms with E-state index in [0.717, 1.165) is 18.9 Å². The van der Waals surface area contributed by atoms with Gasteiger partial charge in [0.2, 0.25) is 0 Å². The summed E-state index contributed by atoms with van der Waals surface area (Å²) in [6.07, 6.45) is 2.29. The summed E-state index contributed by atoms with van der Waals surface area (Å²) in [5.74, 6) is -3.64. The van der Waals surface area contributed by atoms with Gasteiger partial charge in [0, 0.05) is 11.6 Å². The summed E-state index contributed by atoms with van der Waals surface area (Å²) in [7, 11) is 0. The van der Waals surface area contributed by atoms with E-state index in [0.29, 0.717) is 13.0 Å². The fourth-order valence-corrected chi connectivity index (χ4v) is 2.95. The Morgan fingerprint density at radius 2 is 1.95 bits per heavy atom. The summed E-state index contributed by atoms with van der Waals surface area (Å²) >= 11 is 1.61. The molecule has 1 nitrogen and oxygen atoms in total. The molecule has 0 saturated carbocycles. The summed E-state index contributed by atoms with van der Waals surface area (Å²) in [5, 5.41) is 7.24. The number of thiophene rings is 1. The lowest BCUT2D eigenvalue weighted by Gasteiger charge is -2.19. The first-order chi connectivity index (χ1) is 10.1. The van der Waals surface area contributed by atoms with Crippen LogP contribution in [-0.4, -0.2) is 6.54 Å². The predicted molar refractivity (Wildman–Crippen MR) is 80.0 cm³/mol. The van der Waals surface area contributed by atoms with Gasteiger partial charge >= 0.3 is 0 Å². The molecule has 5 heteroatoms. The predicted octanol–water partition coefficient (Wildman–Crippen LogP) is 4.84. The molecule has 1 heterocycles. The fourth-order valence-electron chi connectivity index (χ4n) is 2.24. The molecule has 0 radical (unpaired) electrons. The minimum Gasteiger partial charge on any atom is -0.310 e. The Hall–Kier alpha value is -1.33. The highest BCUT2D eigenvalue weighted by Crippen LogP contribution is 2.25. The first-order valence-corrected chi connectivity index (χ1v) is 7.95. The van der Waals surface area contributed by atoms with Gasteiger partial charge in [0.15, 0.2) is 17.5 Å². The van der Waals surface area contributed by atoms with Gasteiger partial charge in [-0.1, -0.05) is 13.0 Å². The first-order valence-electron chi connectivity index (χ1n) is 7.01. The number of benzene rings is 1. The Morgan fingerprint density at radius 3 is 2.62 bits per heavy atom. The zero-order valence-electron chi connectivity index (χ0n) is 11.8. The van der Waals surface area contributed by atoms with E-state index < -0.39 is 17.5 Å². The normalized spacial score (nSPS) is 12.6. The van der Waals surface area contributed by atoms with Crippen LogP contribution < -0.4 is 5.32 Å². The van der Waals surface area contributed by atoms with Gasteiger partial charge in [-0.15, -0.1) is 0 Å².